The van der Waals surface area contributed by atoms with Crippen molar-refractivity contribution >= 4 is 18.6 Å². The van der Waals surface area contributed by atoms with Gasteiger partial charge in [0.15, 0.2) is 0 Å². The van der Waals surface area contributed by atoms with Gasteiger partial charge in [-0.3, -0.25) is 4.79 Å². The number of aliphatic carboxylic acids is 1. The van der Waals surface area contributed by atoms with Crippen LogP contribution in [0.1, 0.15) is 5.56 Å². The summed E-state index contributed by atoms with van der Waals surface area (Å²) >= 11 is 0. The van der Waals surface area contributed by atoms with Crippen molar-refractivity contribution in [1.82, 2.24) is 0 Å². The number of carboxylic acids is 1. The summed E-state index contributed by atoms with van der Waals surface area (Å²) in [7, 11) is -0.188. The molecule has 0 atom stereocenters. The highest BCUT2D eigenvalue weighted by molar-refractivity contribution is 6.58. The van der Waals surface area contributed by atoms with Gasteiger partial charge in [0.05, 0.1) is 13.5 Å². The van der Waals surface area contributed by atoms with E-state index in [-0.39, 0.29) is 11.9 Å². The Morgan fingerprint density at radius 3 is 2.60 bits per heavy atom. The zero-order valence-corrected chi connectivity index (χ0v) is 8.17. The molecule has 0 unspecified atom stereocenters. The van der Waals surface area contributed by atoms with E-state index in [1.807, 2.05) is 0 Å². The Morgan fingerprint density at radius 1 is 1.47 bits per heavy atom. The highest BCUT2D eigenvalue weighted by Crippen LogP contribution is 2.16. The molecule has 6 heteroatoms. The van der Waals surface area contributed by atoms with Gasteiger partial charge in [-0.05, 0) is 11.5 Å². The van der Waals surface area contributed by atoms with Crippen molar-refractivity contribution < 1.29 is 24.7 Å². The molecule has 15 heavy (non-hydrogen) atoms. The number of rotatable bonds is 4. The zero-order chi connectivity index (χ0) is 11.4. The van der Waals surface area contributed by atoms with Gasteiger partial charge in [-0.15, -0.1) is 0 Å². The maximum atomic E-state index is 10.5. The summed E-state index contributed by atoms with van der Waals surface area (Å²) in [5, 5.41) is 26.4. The molecule has 0 bridgehead atoms. The first-order chi connectivity index (χ1) is 7.04. The lowest BCUT2D eigenvalue weighted by Gasteiger charge is -2.08. The molecule has 0 aromatic heterocycles. The summed E-state index contributed by atoms with van der Waals surface area (Å²) < 4.78 is 4.95. The third kappa shape index (κ3) is 2.97. The average molecular weight is 210 g/mol. The van der Waals surface area contributed by atoms with E-state index in [1.165, 1.54) is 25.3 Å². The van der Waals surface area contributed by atoms with Crippen LogP contribution in [0.15, 0.2) is 18.2 Å². The molecule has 1 rings (SSSR count). The molecule has 0 amide bonds. The fraction of sp³-hybridized carbons (Fsp3) is 0.222. The number of methoxy groups -OCH3 is 1. The van der Waals surface area contributed by atoms with Crippen LogP contribution in [0.5, 0.6) is 5.75 Å². The molecule has 0 spiro atoms. The van der Waals surface area contributed by atoms with Crippen LogP contribution in [0.2, 0.25) is 0 Å². The predicted octanol–water partition coefficient (Wildman–Crippen LogP) is -0.998. The monoisotopic (exact) mass is 210 g/mol. The molecular weight excluding hydrogens is 199 g/mol. The summed E-state index contributed by atoms with van der Waals surface area (Å²) in [4.78, 5) is 10.5. The highest BCUT2D eigenvalue weighted by Gasteiger charge is 2.14. The molecule has 1 aromatic carbocycles. The van der Waals surface area contributed by atoms with Gasteiger partial charge in [-0.25, -0.2) is 0 Å². The van der Waals surface area contributed by atoms with Crippen LogP contribution in [-0.4, -0.2) is 35.4 Å². The van der Waals surface area contributed by atoms with Crippen LogP contribution >= 0.6 is 0 Å². The Balaban J connectivity index is 3.03. The van der Waals surface area contributed by atoms with Crippen molar-refractivity contribution in [2.75, 3.05) is 7.11 Å². The van der Waals surface area contributed by atoms with Crippen LogP contribution in [0.3, 0.4) is 0 Å². The Kier molecular flexibility index (Phi) is 3.71. The quantitative estimate of drug-likeness (QED) is 0.555. The summed E-state index contributed by atoms with van der Waals surface area (Å²) in [6, 6.07) is 4.36. The maximum Gasteiger partial charge on any atom is 0.488 e. The molecular formula is C9H11BO5. The van der Waals surface area contributed by atoms with E-state index in [2.05, 4.69) is 0 Å². The van der Waals surface area contributed by atoms with Crippen LogP contribution in [0.25, 0.3) is 0 Å². The maximum absolute atomic E-state index is 10.5. The van der Waals surface area contributed by atoms with Gasteiger partial charge < -0.3 is 19.9 Å². The minimum absolute atomic E-state index is 0.162. The molecule has 0 aliphatic heterocycles. The van der Waals surface area contributed by atoms with Crippen LogP contribution in [0, 0.1) is 0 Å². The Labute approximate surface area is 87.1 Å². The van der Waals surface area contributed by atoms with Gasteiger partial charge in [0.2, 0.25) is 0 Å². The standard InChI is InChI=1S/C9H11BO5/c1-15-8-5-7(10(13)14)3-2-6(8)4-9(11)12/h2-3,5,13-14H,4H2,1H3,(H,11,12). The van der Waals surface area contributed by atoms with Crippen molar-refractivity contribution in [2.45, 2.75) is 6.42 Å². The number of carboxylic acid groups (broad SMARTS) is 1. The van der Waals surface area contributed by atoms with Gasteiger partial charge in [0.25, 0.3) is 0 Å². The molecule has 0 aliphatic rings. The Morgan fingerprint density at radius 2 is 2.13 bits per heavy atom. The molecule has 5 nitrogen and oxygen atoms in total. The van der Waals surface area contributed by atoms with E-state index in [1.54, 1.807) is 0 Å². The van der Waals surface area contributed by atoms with Gasteiger partial charge in [-0.1, -0.05) is 12.1 Å². The fourth-order valence-corrected chi connectivity index (χ4v) is 1.23. The van der Waals surface area contributed by atoms with Crippen molar-refractivity contribution in [1.29, 1.82) is 0 Å². The van der Waals surface area contributed by atoms with E-state index in [9.17, 15) is 4.79 Å². The highest BCUT2D eigenvalue weighted by atomic mass is 16.5. The van der Waals surface area contributed by atoms with E-state index < -0.39 is 13.1 Å². The fourth-order valence-electron chi connectivity index (χ4n) is 1.23. The molecule has 0 radical (unpaired) electrons. The van der Waals surface area contributed by atoms with Crippen LogP contribution < -0.4 is 10.2 Å². The number of hydrogen-bond acceptors (Lipinski definition) is 4. The summed E-state index contributed by atoms with van der Waals surface area (Å²) in [6.45, 7) is 0. The smallest absolute Gasteiger partial charge is 0.488 e. The molecule has 80 valence electrons. The lowest BCUT2D eigenvalue weighted by Crippen LogP contribution is -2.29. The number of hydrogen-bond donors (Lipinski definition) is 3. The van der Waals surface area contributed by atoms with Gasteiger partial charge >= 0.3 is 13.1 Å². The summed E-state index contributed by atoms with van der Waals surface area (Å²) in [6.07, 6.45) is -0.162. The molecule has 0 saturated carbocycles. The van der Waals surface area contributed by atoms with Crippen molar-refractivity contribution in [3.63, 3.8) is 0 Å². The van der Waals surface area contributed by atoms with Crippen LogP contribution in [0.4, 0.5) is 0 Å². The number of benzene rings is 1. The Hall–Kier alpha value is -1.53. The summed E-state index contributed by atoms with van der Waals surface area (Å²) in [5.74, 6) is -0.631. The van der Waals surface area contributed by atoms with Gasteiger partial charge in [-0.2, -0.15) is 0 Å². The number of carbonyl (C=O) groups is 1. The lowest BCUT2D eigenvalue weighted by atomic mass is 9.79. The van der Waals surface area contributed by atoms with E-state index in [0.29, 0.717) is 11.3 Å². The second-order valence-corrected chi connectivity index (χ2v) is 3.02. The molecule has 0 saturated heterocycles. The second-order valence-electron chi connectivity index (χ2n) is 3.02. The first-order valence-corrected chi connectivity index (χ1v) is 4.29. The van der Waals surface area contributed by atoms with E-state index >= 15 is 0 Å². The molecule has 0 aliphatic carbocycles. The molecule has 0 heterocycles. The largest absolute Gasteiger partial charge is 0.496 e. The molecule has 0 fully saturated rings. The minimum atomic E-state index is -1.59. The zero-order valence-electron chi connectivity index (χ0n) is 8.17. The second kappa shape index (κ2) is 4.81. The lowest BCUT2D eigenvalue weighted by molar-refractivity contribution is -0.136. The Bertz CT molecular complexity index is 364. The minimum Gasteiger partial charge on any atom is -0.496 e. The molecule has 3 N–H and O–H groups in total. The third-order valence-corrected chi connectivity index (χ3v) is 1.95. The van der Waals surface area contributed by atoms with Crippen molar-refractivity contribution in [3.8, 4) is 5.75 Å². The first kappa shape index (κ1) is 11.5. The average Bonchev–Trinajstić information content (AvgIpc) is 2.17. The third-order valence-electron chi connectivity index (χ3n) is 1.95. The number of ether oxygens (including phenoxy) is 1. The van der Waals surface area contributed by atoms with Crippen molar-refractivity contribution in [2.24, 2.45) is 0 Å². The predicted molar refractivity (Wildman–Crippen MR) is 54.2 cm³/mol. The van der Waals surface area contributed by atoms with Crippen LogP contribution in [-0.2, 0) is 11.2 Å². The normalized spacial score (nSPS) is 9.80. The van der Waals surface area contributed by atoms with E-state index in [0.717, 1.165) is 0 Å². The van der Waals surface area contributed by atoms with Crippen molar-refractivity contribution in [3.05, 3.63) is 23.8 Å². The SMILES string of the molecule is COc1cc(B(O)O)ccc1CC(=O)O. The first-order valence-electron chi connectivity index (χ1n) is 4.29. The molecule has 1 aromatic rings. The summed E-state index contributed by atoms with van der Waals surface area (Å²) in [5.41, 5.74) is 0.760. The van der Waals surface area contributed by atoms with Gasteiger partial charge in [0, 0.05) is 5.56 Å². The van der Waals surface area contributed by atoms with Gasteiger partial charge in [0.1, 0.15) is 5.75 Å². The topological polar surface area (TPSA) is 87.0 Å². The van der Waals surface area contributed by atoms with E-state index in [4.69, 9.17) is 19.9 Å².